The lowest BCUT2D eigenvalue weighted by molar-refractivity contribution is 0.255. The average molecular weight is 674 g/mol. The average Bonchev–Trinajstić information content (AvgIpc) is 3.78. The minimum atomic E-state index is 0.0792. The van der Waals surface area contributed by atoms with Crippen molar-refractivity contribution in [3.63, 3.8) is 0 Å². The smallest absolute Gasteiger partial charge is 0.127 e. The van der Waals surface area contributed by atoms with Crippen LogP contribution in [0.1, 0.15) is 24.8 Å². The number of thiophene rings is 1. The fraction of sp³-hybridized carbons (Fsp3) is 0.0833. The molecule has 3 heteroatoms. The molecule has 0 bridgehead atoms. The second-order valence-corrected chi connectivity index (χ2v) is 14.5. The van der Waals surface area contributed by atoms with Crippen molar-refractivity contribution in [1.82, 2.24) is 0 Å². The molecule has 1 aromatic heterocycles. The fourth-order valence-electron chi connectivity index (χ4n) is 8.16. The van der Waals surface area contributed by atoms with Crippen molar-refractivity contribution in [3.8, 4) is 39.1 Å². The Morgan fingerprint density at radius 3 is 1.80 bits per heavy atom. The molecule has 7 aromatic carbocycles. The summed E-state index contributed by atoms with van der Waals surface area (Å²) in [7, 11) is 0. The summed E-state index contributed by atoms with van der Waals surface area (Å²) in [5, 5.41) is 2.66. The minimum absolute atomic E-state index is 0.0792. The maximum atomic E-state index is 6.55. The Bertz CT molecular complexity index is 2580. The minimum Gasteiger partial charge on any atom is -0.485 e. The molecule has 1 atom stereocenters. The zero-order valence-electron chi connectivity index (χ0n) is 28.1. The van der Waals surface area contributed by atoms with Crippen LogP contribution in [0.4, 0.5) is 11.4 Å². The Labute approximate surface area is 302 Å². The van der Waals surface area contributed by atoms with E-state index in [0.717, 1.165) is 36.4 Å². The van der Waals surface area contributed by atoms with Gasteiger partial charge in [-0.2, -0.15) is 0 Å². The Hall–Kier alpha value is -5.90. The Morgan fingerprint density at radius 2 is 1.06 bits per heavy atom. The summed E-state index contributed by atoms with van der Waals surface area (Å²) in [4.78, 5) is 2.49. The zero-order valence-corrected chi connectivity index (χ0v) is 28.9. The van der Waals surface area contributed by atoms with Gasteiger partial charge in [-0.3, -0.25) is 0 Å². The molecule has 2 nitrogen and oxygen atoms in total. The van der Waals surface area contributed by atoms with Crippen LogP contribution >= 0.6 is 11.3 Å². The third-order valence-electron chi connectivity index (χ3n) is 10.5. The zero-order chi connectivity index (χ0) is 33.7. The van der Waals surface area contributed by atoms with Crippen LogP contribution < -0.4 is 9.64 Å². The van der Waals surface area contributed by atoms with E-state index in [-0.39, 0.29) is 6.10 Å². The summed E-state index contributed by atoms with van der Waals surface area (Å²) in [6.07, 6.45) is 3.19. The molecular formula is C48H35NOS. The molecule has 2 heterocycles. The lowest BCUT2D eigenvalue weighted by Crippen LogP contribution is -2.26. The Morgan fingerprint density at radius 1 is 0.490 bits per heavy atom. The van der Waals surface area contributed by atoms with Crippen LogP contribution in [0.25, 0.3) is 59.1 Å². The van der Waals surface area contributed by atoms with E-state index in [1.54, 1.807) is 0 Å². The third-order valence-corrected chi connectivity index (χ3v) is 11.7. The Balaban J connectivity index is 1.10. The summed E-state index contributed by atoms with van der Waals surface area (Å²) in [5.41, 5.74) is 13.6. The van der Waals surface area contributed by atoms with Gasteiger partial charge in [0.25, 0.3) is 0 Å². The lowest BCUT2D eigenvalue weighted by Gasteiger charge is -2.33. The van der Waals surface area contributed by atoms with Crippen LogP contribution in [0.5, 0.6) is 5.75 Å². The number of allylic oxidation sites excluding steroid dienone is 1. The standard InChI is InChI=1S/C48H35NOS/c1-2-12-32(13-3-1)37-14-4-5-15-38(37)33-24-28-35(29-25-33)49(43-20-11-22-45-47(43)42-17-6-8-21-44(42)50-45)36-30-26-34(27-31-36)39-18-10-19-41-40-16-7-9-23-46(40)51-48(39)41/h1-10,12-19,21,23-31,45H,11,20,22H2. The van der Waals surface area contributed by atoms with Gasteiger partial charge < -0.3 is 9.64 Å². The van der Waals surface area contributed by atoms with Crippen LogP contribution in [-0.2, 0) is 0 Å². The van der Waals surface area contributed by atoms with E-state index in [2.05, 4.69) is 175 Å². The topological polar surface area (TPSA) is 12.5 Å². The highest BCUT2D eigenvalue weighted by molar-refractivity contribution is 7.26. The van der Waals surface area contributed by atoms with Crippen molar-refractivity contribution in [3.05, 3.63) is 181 Å². The van der Waals surface area contributed by atoms with Crippen LogP contribution in [0, 0.1) is 0 Å². The van der Waals surface area contributed by atoms with Crippen LogP contribution in [-0.4, -0.2) is 6.10 Å². The number of nitrogens with zero attached hydrogens (tertiary/aromatic N) is 1. The first-order valence-corrected chi connectivity index (χ1v) is 18.7. The maximum Gasteiger partial charge on any atom is 0.127 e. The summed E-state index contributed by atoms with van der Waals surface area (Å²) in [5.74, 6) is 0.997. The quantitative estimate of drug-likeness (QED) is 0.174. The molecule has 51 heavy (non-hydrogen) atoms. The van der Waals surface area contributed by atoms with Gasteiger partial charge in [0.15, 0.2) is 0 Å². The predicted molar refractivity (Wildman–Crippen MR) is 216 cm³/mol. The summed E-state index contributed by atoms with van der Waals surface area (Å²) in [6, 6.07) is 61.8. The molecule has 10 rings (SSSR count). The van der Waals surface area contributed by atoms with Gasteiger partial charge >= 0.3 is 0 Å². The van der Waals surface area contributed by atoms with Gasteiger partial charge in [0.05, 0.1) is 0 Å². The molecule has 0 amide bonds. The first-order valence-electron chi connectivity index (χ1n) is 17.8. The largest absolute Gasteiger partial charge is 0.485 e. The molecule has 0 saturated heterocycles. The van der Waals surface area contributed by atoms with Crippen LogP contribution in [0.15, 0.2) is 176 Å². The summed E-state index contributed by atoms with van der Waals surface area (Å²) < 4.78 is 9.23. The van der Waals surface area contributed by atoms with Crippen molar-refractivity contribution in [1.29, 1.82) is 0 Å². The highest BCUT2D eigenvalue weighted by Crippen LogP contribution is 2.49. The highest BCUT2D eigenvalue weighted by atomic mass is 32.1. The second kappa shape index (κ2) is 12.5. The molecule has 1 aliphatic carbocycles. The van der Waals surface area contributed by atoms with Gasteiger partial charge in [-0.25, -0.2) is 0 Å². The SMILES string of the molecule is c1ccc(-c2ccccc2-c2ccc(N(C3=C4c5ccccc5OC4CCC3)c3ccc(-c4cccc5c4sc4ccccc45)cc3)cc2)cc1. The fourth-order valence-corrected chi connectivity index (χ4v) is 9.40. The number of anilines is 2. The maximum absolute atomic E-state index is 6.55. The van der Waals surface area contributed by atoms with E-state index in [4.69, 9.17) is 4.74 Å². The molecule has 1 unspecified atom stereocenters. The number of para-hydroxylation sites is 1. The first-order chi connectivity index (χ1) is 25.3. The van der Waals surface area contributed by atoms with Crippen molar-refractivity contribution in [2.24, 2.45) is 0 Å². The van der Waals surface area contributed by atoms with Crippen LogP contribution in [0.3, 0.4) is 0 Å². The van der Waals surface area contributed by atoms with E-state index in [0.29, 0.717) is 0 Å². The summed E-state index contributed by atoms with van der Waals surface area (Å²) >= 11 is 1.88. The number of hydrogen-bond donors (Lipinski definition) is 0. The molecular weight excluding hydrogens is 639 g/mol. The van der Waals surface area contributed by atoms with Crippen LogP contribution in [0.2, 0.25) is 0 Å². The van der Waals surface area contributed by atoms with E-state index in [1.165, 1.54) is 70.4 Å². The van der Waals surface area contributed by atoms with Gasteiger partial charge in [-0.1, -0.05) is 133 Å². The Kier molecular flexibility index (Phi) is 7.32. The molecule has 0 fully saturated rings. The van der Waals surface area contributed by atoms with E-state index >= 15 is 0 Å². The lowest BCUT2D eigenvalue weighted by atomic mass is 9.88. The van der Waals surface area contributed by atoms with E-state index in [1.807, 2.05) is 11.3 Å². The van der Waals surface area contributed by atoms with Crippen molar-refractivity contribution >= 4 is 48.5 Å². The van der Waals surface area contributed by atoms with Crippen molar-refractivity contribution < 1.29 is 4.74 Å². The number of rotatable bonds is 6. The first kappa shape index (κ1) is 30.0. The second-order valence-electron chi connectivity index (χ2n) is 13.5. The monoisotopic (exact) mass is 673 g/mol. The van der Waals surface area contributed by atoms with E-state index in [9.17, 15) is 0 Å². The normalized spacial score (nSPS) is 15.1. The van der Waals surface area contributed by atoms with Gasteiger partial charge in [0.2, 0.25) is 0 Å². The van der Waals surface area contributed by atoms with Crippen molar-refractivity contribution in [2.45, 2.75) is 25.4 Å². The number of hydrogen-bond acceptors (Lipinski definition) is 3. The number of ether oxygens (including phenoxy) is 1. The number of fused-ring (bicyclic) bond motifs is 6. The van der Waals surface area contributed by atoms with Crippen molar-refractivity contribution in [2.75, 3.05) is 4.90 Å². The molecule has 0 radical (unpaired) electrons. The molecule has 8 aromatic rings. The predicted octanol–water partition coefficient (Wildman–Crippen LogP) is 13.5. The molecule has 0 spiro atoms. The molecule has 0 saturated carbocycles. The number of benzene rings is 7. The van der Waals surface area contributed by atoms with Gasteiger partial charge in [0, 0.05) is 48.4 Å². The van der Waals surface area contributed by atoms with Gasteiger partial charge in [0.1, 0.15) is 11.9 Å². The summed E-state index contributed by atoms with van der Waals surface area (Å²) in [6.45, 7) is 0. The molecule has 1 aliphatic heterocycles. The van der Waals surface area contributed by atoms with Gasteiger partial charge in [-0.15, -0.1) is 11.3 Å². The highest BCUT2D eigenvalue weighted by Gasteiger charge is 2.36. The van der Waals surface area contributed by atoms with Gasteiger partial charge in [-0.05, 0) is 89.0 Å². The van der Waals surface area contributed by atoms with E-state index < -0.39 is 0 Å². The molecule has 2 aliphatic rings. The molecule has 244 valence electrons. The molecule has 0 N–H and O–H groups in total. The third kappa shape index (κ3) is 5.16.